The van der Waals surface area contributed by atoms with Crippen LogP contribution in [0.2, 0.25) is 0 Å². The fourth-order valence-corrected chi connectivity index (χ4v) is 1.76. The number of hydrogen-bond donors (Lipinski definition) is 2. The largest absolute Gasteiger partial charge is 0.477 e. The van der Waals surface area contributed by atoms with E-state index in [0.29, 0.717) is 11.3 Å². The number of aromatic nitrogens is 2. The summed E-state index contributed by atoms with van der Waals surface area (Å²) >= 11 is 0. The van der Waals surface area contributed by atoms with Gasteiger partial charge in [-0.05, 0) is 43.2 Å². The van der Waals surface area contributed by atoms with E-state index >= 15 is 0 Å². The molecule has 0 saturated carbocycles. The topological polar surface area (TPSA) is 89.8 Å². The van der Waals surface area contributed by atoms with Crippen molar-refractivity contribution in [2.75, 3.05) is 0 Å². The number of carboxylic acids is 1. The number of nitrogens with zero attached hydrogens (tertiary/aromatic N) is 2. The molecule has 0 unspecified atom stereocenters. The van der Waals surface area contributed by atoms with E-state index in [1.807, 2.05) is 13.8 Å². The number of aryl methyl sites for hydroxylation is 1. The molecule has 2 aromatic rings. The summed E-state index contributed by atoms with van der Waals surface area (Å²) in [4.78, 5) is 10.8. The number of benzene rings is 1. The first kappa shape index (κ1) is 11.9. The highest BCUT2D eigenvalue weighted by atomic mass is 16.4. The monoisotopic (exact) mass is 241 g/mol. The van der Waals surface area contributed by atoms with Crippen LogP contribution in [0.3, 0.4) is 0 Å². The molecule has 18 heavy (non-hydrogen) atoms. The first-order chi connectivity index (χ1) is 8.52. The van der Waals surface area contributed by atoms with Gasteiger partial charge in [0.05, 0.1) is 17.3 Å². The molecule has 90 valence electrons. The van der Waals surface area contributed by atoms with Crippen molar-refractivity contribution >= 4 is 5.97 Å². The maximum absolute atomic E-state index is 10.8. The molecular formula is C13H11N3O2. The average molecular weight is 241 g/mol. The van der Waals surface area contributed by atoms with E-state index in [1.165, 1.54) is 6.07 Å². The molecule has 5 heteroatoms. The maximum atomic E-state index is 10.8. The van der Waals surface area contributed by atoms with Gasteiger partial charge in [-0.2, -0.15) is 10.4 Å². The Kier molecular flexibility index (Phi) is 2.86. The second-order valence-corrected chi connectivity index (χ2v) is 4.05. The van der Waals surface area contributed by atoms with Gasteiger partial charge in [0.2, 0.25) is 0 Å². The summed E-state index contributed by atoms with van der Waals surface area (Å²) in [7, 11) is 0. The molecule has 0 aliphatic carbocycles. The normalized spacial score (nSPS) is 10.1. The number of nitriles is 1. The average Bonchev–Trinajstić information content (AvgIpc) is 2.82. The molecule has 1 aromatic heterocycles. The number of aromatic carboxylic acids is 1. The summed E-state index contributed by atoms with van der Waals surface area (Å²) in [5.74, 6) is -1.06. The molecule has 0 amide bonds. The van der Waals surface area contributed by atoms with Crippen LogP contribution >= 0.6 is 0 Å². The van der Waals surface area contributed by atoms with Crippen LogP contribution in [0.4, 0.5) is 0 Å². The Morgan fingerprint density at radius 1 is 1.39 bits per heavy atom. The molecular weight excluding hydrogens is 230 g/mol. The molecule has 0 radical (unpaired) electrons. The summed E-state index contributed by atoms with van der Waals surface area (Å²) in [5, 5.41) is 24.2. The molecule has 0 atom stereocenters. The van der Waals surface area contributed by atoms with Crippen LogP contribution < -0.4 is 0 Å². The predicted molar refractivity (Wildman–Crippen MR) is 65.2 cm³/mol. The van der Waals surface area contributed by atoms with Gasteiger partial charge in [0.1, 0.15) is 5.69 Å². The molecule has 2 rings (SSSR count). The van der Waals surface area contributed by atoms with Crippen LogP contribution in [-0.4, -0.2) is 21.3 Å². The molecule has 2 N–H and O–H groups in total. The molecule has 0 aliphatic heterocycles. The number of aromatic amines is 1. The first-order valence-corrected chi connectivity index (χ1v) is 5.33. The highest BCUT2D eigenvalue weighted by Gasteiger charge is 2.13. The van der Waals surface area contributed by atoms with Crippen LogP contribution in [0.1, 0.15) is 27.2 Å². The van der Waals surface area contributed by atoms with E-state index in [4.69, 9.17) is 10.4 Å². The van der Waals surface area contributed by atoms with Gasteiger partial charge in [0, 0.05) is 5.56 Å². The second kappa shape index (κ2) is 4.34. The standard InChI is InChI=1S/C13H11N3O2/c1-7-3-9(6-14)4-10(8(7)2)11-5-12(13(17)18)16-15-11/h3-5H,1-2H3,(H,15,16)(H,17,18). The van der Waals surface area contributed by atoms with Gasteiger partial charge in [-0.1, -0.05) is 0 Å². The van der Waals surface area contributed by atoms with Crippen LogP contribution in [-0.2, 0) is 0 Å². The highest BCUT2D eigenvalue weighted by molar-refractivity contribution is 5.87. The van der Waals surface area contributed by atoms with Crippen molar-refractivity contribution in [3.8, 4) is 17.3 Å². The lowest BCUT2D eigenvalue weighted by Crippen LogP contribution is -1.95. The number of hydrogen-bond acceptors (Lipinski definition) is 3. The quantitative estimate of drug-likeness (QED) is 0.843. The van der Waals surface area contributed by atoms with Crippen molar-refractivity contribution in [2.45, 2.75) is 13.8 Å². The van der Waals surface area contributed by atoms with Crippen molar-refractivity contribution < 1.29 is 9.90 Å². The summed E-state index contributed by atoms with van der Waals surface area (Å²) < 4.78 is 0. The molecule has 1 heterocycles. The van der Waals surface area contributed by atoms with Gasteiger partial charge in [0.15, 0.2) is 0 Å². The smallest absolute Gasteiger partial charge is 0.353 e. The Labute approximate surface area is 104 Å². The third kappa shape index (κ3) is 1.96. The number of nitrogens with one attached hydrogen (secondary N) is 1. The zero-order valence-electron chi connectivity index (χ0n) is 9.98. The summed E-state index contributed by atoms with van der Waals surface area (Å²) in [6.45, 7) is 3.82. The summed E-state index contributed by atoms with van der Waals surface area (Å²) in [6, 6.07) is 7.05. The van der Waals surface area contributed by atoms with Gasteiger partial charge in [-0.3, -0.25) is 5.10 Å². The van der Waals surface area contributed by atoms with Gasteiger partial charge in [-0.25, -0.2) is 4.79 Å². The third-order valence-electron chi connectivity index (χ3n) is 2.88. The van der Waals surface area contributed by atoms with Crippen molar-refractivity contribution in [2.24, 2.45) is 0 Å². The Hall–Kier alpha value is -2.61. The minimum Gasteiger partial charge on any atom is -0.477 e. The van der Waals surface area contributed by atoms with E-state index in [2.05, 4.69) is 16.3 Å². The molecule has 5 nitrogen and oxygen atoms in total. The van der Waals surface area contributed by atoms with Gasteiger partial charge < -0.3 is 5.11 Å². The minimum absolute atomic E-state index is 0.0319. The van der Waals surface area contributed by atoms with Gasteiger partial charge in [-0.15, -0.1) is 0 Å². The number of carbonyl (C=O) groups is 1. The lowest BCUT2D eigenvalue weighted by atomic mass is 9.98. The maximum Gasteiger partial charge on any atom is 0.353 e. The lowest BCUT2D eigenvalue weighted by molar-refractivity contribution is 0.0690. The second-order valence-electron chi connectivity index (χ2n) is 4.05. The Balaban J connectivity index is 2.59. The predicted octanol–water partition coefficient (Wildman–Crippen LogP) is 2.26. The summed E-state index contributed by atoms with van der Waals surface area (Å²) in [6.07, 6.45) is 0. The number of rotatable bonds is 2. The van der Waals surface area contributed by atoms with Gasteiger partial charge >= 0.3 is 5.97 Å². The Morgan fingerprint density at radius 3 is 2.67 bits per heavy atom. The van der Waals surface area contributed by atoms with Crippen LogP contribution in [0.15, 0.2) is 18.2 Å². The number of H-pyrrole nitrogens is 1. The molecule has 1 aromatic carbocycles. The van der Waals surface area contributed by atoms with Crippen molar-refractivity contribution in [3.05, 3.63) is 40.6 Å². The summed E-state index contributed by atoms with van der Waals surface area (Å²) in [5.41, 5.74) is 3.83. The zero-order chi connectivity index (χ0) is 13.3. The van der Waals surface area contributed by atoms with Crippen LogP contribution in [0.25, 0.3) is 11.3 Å². The van der Waals surface area contributed by atoms with E-state index in [-0.39, 0.29) is 5.69 Å². The fraction of sp³-hybridized carbons (Fsp3) is 0.154. The Bertz CT molecular complexity index is 665. The molecule has 0 spiro atoms. The number of carboxylic acid groups (broad SMARTS) is 1. The zero-order valence-corrected chi connectivity index (χ0v) is 9.98. The van der Waals surface area contributed by atoms with E-state index in [1.54, 1.807) is 12.1 Å². The van der Waals surface area contributed by atoms with Gasteiger partial charge in [0.25, 0.3) is 0 Å². The molecule has 0 saturated heterocycles. The lowest BCUT2D eigenvalue weighted by Gasteiger charge is -2.06. The third-order valence-corrected chi connectivity index (χ3v) is 2.88. The van der Waals surface area contributed by atoms with Crippen molar-refractivity contribution in [1.82, 2.24) is 10.2 Å². The van der Waals surface area contributed by atoms with Crippen molar-refractivity contribution in [1.29, 1.82) is 5.26 Å². The van der Waals surface area contributed by atoms with Crippen molar-refractivity contribution in [3.63, 3.8) is 0 Å². The molecule has 0 bridgehead atoms. The highest BCUT2D eigenvalue weighted by Crippen LogP contribution is 2.26. The minimum atomic E-state index is -1.06. The Morgan fingerprint density at radius 2 is 2.11 bits per heavy atom. The van der Waals surface area contributed by atoms with Crippen LogP contribution in [0, 0.1) is 25.2 Å². The first-order valence-electron chi connectivity index (χ1n) is 5.33. The SMILES string of the molecule is Cc1cc(C#N)cc(-c2cc(C(=O)O)[nH]n2)c1C. The van der Waals surface area contributed by atoms with Crippen LogP contribution in [0.5, 0.6) is 0 Å². The molecule has 0 aliphatic rings. The fourth-order valence-electron chi connectivity index (χ4n) is 1.76. The van der Waals surface area contributed by atoms with E-state index < -0.39 is 5.97 Å². The van der Waals surface area contributed by atoms with E-state index in [9.17, 15) is 4.79 Å². The molecule has 0 fully saturated rings. The van der Waals surface area contributed by atoms with E-state index in [0.717, 1.165) is 16.7 Å².